The number of benzene rings is 2. The first kappa shape index (κ1) is 25.2. The molecule has 2 unspecified atom stereocenters. The number of allylic oxidation sites excluding steroid dienone is 3. The molecule has 0 saturated carbocycles. The fourth-order valence-corrected chi connectivity index (χ4v) is 5.34. The van der Waals surface area contributed by atoms with E-state index in [-0.39, 0.29) is 0 Å². The molecule has 0 aromatic heterocycles. The van der Waals surface area contributed by atoms with Crippen LogP contribution in [0.4, 0.5) is 0 Å². The lowest BCUT2D eigenvalue weighted by atomic mass is 9.84. The van der Waals surface area contributed by atoms with Crippen LogP contribution in [0.5, 0.6) is 0 Å². The number of aryl methyl sites for hydroxylation is 1. The molecule has 0 aliphatic carbocycles. The molecule has 0 spiro atoms. The standard InChI is InChI=1S/C32H43N/c1-7-8-12-27(24(2)3)15-16-31-23-30(17-18-32(31)25(4)5)29-19-21-33(22-20-29)26(6)28-13-10-9-11-14-28/h7,9-11,13-14,17-18,23,26-27,29H,1-2,4,8,12,15-16,19-22H2,3,5-6H3. The average molecular weight is 442 g/mol. The molecule has 0 amide bonds. The second kappa shape index (κ2) is 12.2. The third-order valence-corrected chi connectivity index (χ3v) is 7.60. The van der Waals surface area contributed by atoms with Gasteiger partial charge in [0.05, 0.1) is 0 Å². The predicted octanol–water partition coefficient (Wildman–Crippen LogP) is 8.75. The average Bonchev–Trinajstić information content (AvgIpc) is 2.83. The van der Waals surface area contributed by atoms with Gasteiger partial charge in [-0.15, -0.1) is 6.58 Å². The molecule has 1 fully saturated rings. The molecule has 0 N–H and O–H groups in total. The summed E-state index contributed by atoms with van der Waals surface area (Å²) in [6.07, 6.45) is 8.95. The van der Waals surface area contributed by atoms with Crippen molar-refractivity contribution in [1.29, 1.82) is 0 Å². The predicted molar refractivity (Wildman–Crippen MR) is 146 cm³/mol. The van der Waals surface area contributed by atoms with Crippen molar-refractivity contribution in [3.05, 3.63) is 102 Å². The first-order valence-electron chi connectivity index (χ1n) is 12.7. The van der Waals surface area contributed by atoms with Gasteiger partial charge >= 0.3 is 0 Å². The number of nitrogens with zero attached hydrogens (tertiary/aromatic N) is 1. The topological polar surface area (TPSA) is 3.24 Å². The lowest BCUT2D eigenvalue weighted by Gasteiger charge is -2.36. The molecule has 1 saturated heterocycles. The quantitative estimate of drug-likeness (QED) is 0.315. The van der Waals surface area contributed by atoms with E-state index in [0.717, 1.165) is 38.8 Å². The third-order valence-electron chi connectivity index (χ3n) is 7.60. The van der Waals surface area contributed by atoms with E-state index in [1.165, 1.54) is 46.2 Å². The molecule has 2 atom stereocenters. The van der Waals surface area contributed by atoms with E-state index < -0.39 is 0 Å². The maximum absolute atomic E-state index is 4.26. The summed E-state index contributed by atoms with van der Waals surface area (Å²) in [4.78, 5) is 2.64. The maximum Gasteiger partial charge on any atom is 0.0319 e. The van der Waals surface area contributed by atoms with E-state index in [9.17, 15) is 0 Å². The van der Waals surface area contributed by atoms with Crippen LogP contribution in [0.1, 0.15) is 87.1 Å². The zero-order valence-corrected chi connectivity index (χ0v) is 21.2. The van der Waals surface area contributed by atoms with Crippen LogP contribution in [-0.2, 0) is 6.42 Å². The summed E-state index contributed by atoms with van der Waals surface area (Å²) in [6, 6.07) is 18.6. The van der Waals surface area contributed by atoms with Gasteiger partial charge in [0.2, 0.25) is 0 Å². The molecule has 2 aromatic rings. The van der Waals surface area contributed by atoms with E-state index in [0.29, 0.717) is 17.9 Å². The summed E-state index contributed by atoms with van der Waals surface area (Å²) < 4.78 is 0. The number of hydrogen-bond acceptors (Lipinski definition) is 1. The lowest BCUT2D eigenvalue weighted by Crippen LogP contribution is -2.35. The number of rotatable bonds is 11. The van der Waals surface area contributed by atoms with Gasteiger partial charge < -0.3 is 0 Å². The Balaban J connectivity index is 1.68. The highest BCUT2D eigenvalue weighted by Crippen LogP contribution is 2.34. The molecular weight excluding hydrogens is 398 g/mol. The van der Waals surface area contributed by atoms with Crippen LogP contribution in [0.25, 0.3) is 5.57 Å². The van der Waals surface area contributed by atoms with E-state index in [1.54, 1.807) is 0 Å². The van der Waals surface area contributed by atoms with Gasteiger partial charge in [-0.3, -0.25) is 4.90 Å². The Kier molecular flexibility index (Phi) is 9.32. The van der Waals surface area contributed by atoms with Crippen LogP contribution >= 0.6 is 0 Å². The molecule has 1 aliphatic rings. The molecule has 2 aromatic carbocycles. The van der Waals surface area contributed by atoms with Gasteiger partial charge in [-0.2, -0.15) is 0 Å². The fourth-order valence-electron chi connectivity index (χ4n) is 5.34. The monoisotopic (exact) mass is 441 g/mol. The van der Waals surface area contributed by atoms with Gasteiger partial charge in [-0.05, 0) is 106 Å². The second-order valence-corrected chi connectivity index (χ2v) is 10.0. The highest BCUT2D eigenvalue weighted by atomic mass is 15.2. The summed E-state index contributed by atoms with van der Waals surface area (Å²) in [6.45, 7) is 21.4. The Hall–Kier alpha value is -2.38. The molecule has 3 rings (SSSR count). The van der Waals surface area contributed by atoms with Crippen molar-refractivity contribution in [3.8, 4) is 0 Å². The summed E-state index contributed by atoms with van der Waals surface area (Å²) in [5.74, 6) is 1.21. The lowest BCUT2D eigenvalue weighted by molar-refractivity contribution is 0.162. The molecule has 1 nitrogen and oxygen atoms in total. The summed E-state index contributed by atoms with van der Waals surface area (Å²) in [5, 5.41) is 0. The highest BCUT2D eigenvalue weighted by molar-refractivity contribution is 5.65. The normalized spacial score (nSPS) is 16.8. The van der Waals surface area contributed by atoms with Gasteiger partial charge in [-0.25, -0.2) is 0 Å². The fraction of sp³-hybridized carbons (Fsp3) is 0.438. The van der Waals surface area contributed by atoms with Crippen LogP contribution in [-0.4, -0.2) is 18.0 Å². The minimum atomic E-state index is 0.489. The van der Waals surface area contributed by atoms with Gasteiger partial charge in [-0.1, -0.05) is 78.9 Å². The number of likely N-dealkylation sites (tertiary alicyclic amines) is 1. The first-order chi connectivity index (χ1) is 15.9. The Labute approximate surface area is 202 Å². The van der Waals surface area contributed by atoms with Crippen molar-refractivity contribution in [1.82, 2.24) is 4.90 Å². The van der Waals surface area contributed by atoms with Crippen LogP contribution in [0.2, 0.25) is 0 Å². The minimum Gasteiger partial charge on any atom is -0.297 e. The van der Waals surface area contributed by atoms with Crippen LogP contribution in [0.15, 0.2) is 79.9 Å². The molecular formula is C32H43N. The van der Waals surface area contributed by atoms with E-state index in [1.807, 2.05) is 6.08 Å². The molecule has 1 heteroatoms. The summed E-state index contributed by atoms with van der Waals surface area (Å²) >= 11 is 0. The minimum absolute atomic E-state index is 0.489. The van der Waals surface area contributed by atoms with Crippen molar-refractivity contribution in [2.24, 2.45) is 5.92 Å². The van der Waals surface area contributed by atoms with Crippen molar-refractivity contribution in [3.63, 3.8) is 0 Å². The Morgan fingerprint density at radius 2 is 1.73 bits per heavy atom. The van der Waals surface area contributed by atoms with E-state index >= 15 is 0 Å². The first-order valence-corrected chi connectivity index (χ1v) is 12.7. The van der Waals surface area contributed by atoms with Crippen molar-refractivity contribution in [2.45, 2.75) is 71.3 Å². The van der Waals surface area contributed by atoms with Crippen LogP contribution in [0.3, 0.4) is 0 Å². The SMILES string of the molecule is C=CCCC(CCc1cc(C2CCN(C(C)c3ccccc3)CC2)ccc1C(=C)C)C(=C)C. The second-order valence-electron chi connectivity index (χ2n) is 10.0. The molecule has 176 valence electrons. The molecule has 0 radical (unpaired) electrons. The van der Waals surface area contributed by atoms with Gasteiger partial charge in [0.15, 0.2) is 0 Å². The summed E-state index contributed by atoms with van der Waals surface area (Å²) in [7, 11) is 0. The van der Waals surface area contributed by atoms with Gasteiger partial charge in [0, 0.05) is 6.04 Å². The largest absolute Gasteiger partial charge is 0.297 e. The zero-order valence-electron chi connectivity index (χ0n) is 21.2. The molecule has 33 heavy (non-hydrogen) atoms. The van der Waals surface area contributed by atoms with E-state index in [4.69, 9.17) is 0 Å². The Bertz CT molecular complexity index is 930. The Morgan fingerprint density at radius 1 is 1.03 bits per heavy atom. The van der Waals surface area contributed by atoms with Crippen LogP contribution < -0.4 is 0 Å². The third kappa shape index (κ3) is 6.81. The smallest absolute Gasteiger partial charge is 0.0319 e. The Morgan fingerprint density at radius 3 is 2.33 bits per heavy atom. The number of piperidine rings is 1. The molecule has 1 aliphatic heterocycles. The zero-order chi connectivity index (χ0) is 23.8. The summed E-state index contributed by atoms with van der Waals surface area (Å²) in [5.41, 5.74) is 8.20. The highest BCUT2D eigenvalue weighted by Gasteiger charge is 2.25. The van der Waals surface area contributed by atoms with Gasteiger partial charge in [0.1, 0.15) is 0 Å². The van der Waals surface area contributed by atoms with Crippen molar-refractivity contribution in [2.75, 3.05) is 13.1 Å². The van der Waals surface area contributed by atoms with Crippen molar-refractivity contribution >= 4 is 5.57 Å². The van der Waals surface area contributed by atoms with Crippen molar-refractivity contribution < 1.29 is 0 Å². The maximum atomic E-state index is 4.26. The van der Waals surface area contributed by atoms with Gasteiger partial charge in [0.25, 0.3) is 0 Å². The molecule has 0 bridgehead atoms. The van der Waals surface area contributed by atoms with Crippen LogP contribution in [0, 0.1) is 5.92 Å². The number of hydrogen-bond donors (Lipinski definition) is 0. The van der Waals surface area contributed by atoms with E-state index in [2.05, 4.69) is 93.9 Å². The molecule has 1 heterocycles.